The van der Waals surface area contributed by atoms with Gasteiger partial charge in [-0.2, -0.15) is 0 Å². The quantitative estimate of drug-likeness (QED) is 0.707. The summed E-state index contributed by atoms with van der Waals surface area (Å²) >= 11 is 0. The molecule has 3 nitrogen and oxygen atoms in total. The average Bonchev–Trinajstić information content (AvgIpc) is 2.70. The summed E-state index contributed by atoms with van der Waals surface area (Å²) in [6.07, 6.45) is 5.41. The molecule has 0 radical (unpaired) electrons. The molecule has 0 aromatic carbocycles. The lowest BCUT2D eigenvalue weighted by Gasteiger charge is -2.29. The second kappa shape index (κ2) is 5.03. The number of Topliss-reactive ketones (excluding diaryl/α,β-unsaturated/α-hetero) is 1. The Morgan fingerprint density at radius 3 is 2.82 bits per heavy atom. The van der Waals surface area contributed by atoms with Gasteiger partial charge in [0, 0.05) is 23.8 Å². The van der Waals surface area contributed by atoms with Crippen molar-refractivity contribution in [3.05, 3.63) is 11.6 Å². The van der Waals surface area contributed by atoms with Crippen molar-refractivity contribution in [3.63, 3.8) is 0 Å². The van der Waals surface area contributed by atoms with Crippen LogP contribution in [0.25, 0.3) is 0 Å². The summed E-state index contributed by atoms with van der Waals surface area (Å²) in [6, 6.07) is 0. The van der Waals surface area contributed by atoms with Crippen molar-refractivity contribution in [3.8, 4) is 0 Å². The van der Waals surface area contributed by atoms with Gasteiger partial charge < -0.3 is 4.74 Å². The van der Waals surface area contributed by atoms with E-state index < -0.39 is 0 Å². The summed E-state index contributed by atoms with van der Waals surface area (Å²) in [5, 5.41) is 0. The van der Waals surface area contributed by atoms with Gasteiger partial charge in [-0.15, -0.1) is 0 Å². The molecule has 0 spiro atoms. The van der Waals surface area contributed by atoms with Crippen LogP contribution in [-0.2, 0) is 14.3 Å². The van der Waals surface area contributed by atoms with Crippen molar-refractivity contribution in [1.29, 1.82) is 0 Å². The molecular weight excluding hydrogens is 216 g/mol. The van der Waals surface area contributed by atoms with E-state index in [1.54, 1.807) is 0 Å². The normalized spacial score (nSPS) is 32.0. The SMILES string of the molecule is CCOC(=O)C1=C[C@H](CC)C[C@@H]2C(=O)CC[C@H]12. The van der Waals surface area contributed by atoms with E-state index in [0.717, 1.165) is 24.8 Å². The zero-order valence-electron chi connectivity index (χ0n) is 10.6. The highest BCUT2D eigenvalue weighted by molar-refractivity contribution is 5.93. The first kappa shape index (κ1) is 12.3. The molecule has 1 saturated carbocycles. The minimum Gasteiger partial charge on any atom is -0.463 e. The van der Waals surface area contributed by atoms with Crippen LogP contribution >= 0.6 is 0 Å². The van der Waals surface area contributed by atoms with Crippen LogP contribution < -0.4 is 0 Å². The van der Waals surface area contributed by atoms with Crippen LogP contribution in [0, 0.1) is 17.8 Å². The molecule has 0 aromatic heterocycles. The van der Waals surface area contributed by atoms with Crippen LogP contribution in [0.2, 0.25) is 0 Å². The first-order chi connectivity index (χ1) is 8.17. The molecule has 0 saturated heterocycles. The molecule has 3 atom stereocenters. The van der Waals surface area contributed by atoms with Crippen molar-refractivity contribution in [2.75, 3.05) is 6.61 Å². The molecule has 0 amide bonds. The Hall–Kier alpha value is -1.12. The van der Waals surface area contributed by atoms with Crippen LogP contribution in [0.4, 0.5) is 0 Å². The highest BCUT2D eigenvalue weighted by atomic mass is 16.5. The fourth-order valence-electron chi connectivity index (χ4n) is 3.07. The number of ether oxygens (including phenoxy) is 1. The van der Waals surface area contributed by atoms with Crippen LogP contribution in [-0.4, -0.2) is 18.4 Å². The number of rotatable bonds is 3. The predicted octanol–water partition coefficient (Wildman–Crippen LogP) is 2.50. The monoisotopic (exact) mass is 236 g/mol. The van der Waals surface area contributed by atoms with Gasteiger partial charge in [0.05, 0.1) is 6.61 Å². The highest BCUT2D eigenvalue weighted by Crippen LogP contribution is 2.43. The summed E-state index contributed by atoms with van der Waals surface area (Å²) in [7, 11) is 0. The fourth-order valence-corrected chi connectivity index (χ4v) is 3.07. The van der Waals surface area contributed by atoms with Gasteiger partial charge in [0.25, 0.3) is 0 Å². The largest absolute Gasteiger partial charge is 0.463 e. The van der Waals surface area contributed by atoms with E-state index in [-0.39, 0.29) is 17.8 Å². The van der Waals surface area contributed by atoms with Gasteiger partial charge in [0.2, 0.25) is 0 Å². The highest BCUT2D eigenvalue weighted by Gasteiger charge is 2.42. The summed E-state index contributed by atoms with van der Waals surface area (Å²) in [5.41, 5.74) is 0.765. The standard InChI is InChI=1S/C14H20O3/c1-3-9-7-11-10(5-6-13(11)15)12(8-9)14(16)17-4-2/h8-11H,3-7H2,1-2H3/t9-,10+,11+/m1/s1. The van der Waals surface area contributed by atoms with E-state index in [1.165, 1.54) is 0 Å². The van der Waals surface area contributed by atoms with Crippen molar-refractivity contribution in [2.24, 2.45) is 17.8 Å². The Morgan fingerprint density at radius 1 is 1.41 bits per heavy atom. The minimum absolute atomic E-state index is 0.0735. The van der Waals surface area contributed by atoms with E-state index in [0.29, 0.717) is 24.7 Å². The Labute approximate surface area is 102 Å². The topological polar surface area (TPSA) is 43.4 Å². The van der Waals surface area contributed by atoms with Crippen molar-refractivity contribution >= 4 is 11.8 Å². The van der Waals surface area contributed by atoms with E-state index in [4.69, 9.17) is 4.74 Å². The van der Waals surface area contributed by atoms with Crippen LogP contribution in [0.3, 0.4) is 0 Å². The number of hydrogen-bond donors (Lipinski definition) is 0. The zero-order valence-corrected chi connectivity index (χ0v) is 10.6. The molecule has 17 heavy (non-hydrogen) atoms. The molecule has 1 fully saturated rings. The average molecular weight is 236 g/mol. The van der Waals surface area contributed by atoms with Crippen molar-refractivity contribution in [1.82, 2.24) is 0 Å². The van der Waals surface area contributed by atoms with E-state index >= 15 is 0 Å². The number of carbonyl (C=O) groups is 2. The molecule has 3 heteroatoms. The first-order valence-corrected chi connectivity index (χ1v) is 6.58. The first-order valence-electron chi connectivity index (χ1n) is 6.58. The summed E-state index contributed by atoms with van der Waals surface area (Å²) in [4.78, 5) is 23.7. The maximum Gasteiger partial charge on any atom is 0.333 e. The molecule has 2 aliphatic carbocycles. The van der Waals surface area contributed by atoms with E-state index in [9.17, 15) is 9.59 Å². The third-order valence-corrected chi connectivity index (χ3v) is 4.01. The van der Waals surface area contributed by atoms with Gasteiger partial charge in [-0.05, 0) is 32.1 Å². The van der Waals surface area contributed by atoms with Gasteiger partial charge in [-0.25, -0.2) is 4.79 Å². The van der Waals surface area contributed by atoms with E-state index in [2.05, 4.69) is 13.0 Å². The Morgan fingerprint density at radius 2 is 2.18 bits per heavy atom. The number of allylic oxidation sites excluding steroid dienone is 1. The lowest BCUT2D eigenvalue weighted by molar-refractivity contribution is -0.139. The maximum atomic E-state index is 11.9. The van der Waals surface area contributed by atoms with Gasteiger partial charge in [0.1, 0.15) is 5.78 Å². The third-order valence-electron chi connectivity index (χ3n) is 4.01. The molecule has 0 aromatic rings. The minimum atomic E-state index is -0.213. The summed E-state index contributed by atoms with van der Waals surface area (Å²) in [6.45, 7) is 4.32. The third kappa shape index (κ3) is 2.28. The molecule has 2 aliphatic rings. The van der Waals surface area contributed by atoms with Gasteiger partial charge in [-0.1, -0.05) is 13.0 Å². The van der Waals surface area contributed by atoms with Crippen LogP contribution in [0.15, 0.2) is 11.6 Å². The lowest BCUT2D eigenvalue weighted by atomic mass is 9.75. The van der Waals surface area contributed by atoms with Gasteiger partial charge in [-0.3, -0.25) is 4.79 Å². The molecule has 0 aliphatic heterocycles. The maximum absolute atomic E-state index is 11.9. The number of ketones is 1. The molecule has 0 N–H and O–H groups in total. The molecule has 2 rings (SSSR count). The second-order valence-electron chi connectivity index (χ2n) is 4.96. The predicted molar refractivity (Wildman–Crippen MR) is 64.3 cm³/mol. The van der Waals surface area contributed by atoms with Crippen LogP contribution in [0.1, 0.15) is 39.5 Å². The molecule has 0 unspecified atom stereocenters. The van der Waals surface area contributed by atoms with Gasteiger partial charge >= 0.3 is 5.97 Å². The zero-order chi connectivity index (χ0) is 12.4. The van der Waals surface area contributed by atoms with Crippen molar-refractivity contribution < 1.29 is 14.3 Å². The van der Waals surface area contributed by atoms with Gasteiger partial charge in [0.15, 0.2) is 0 Å². The lowest BCUT2D eigenvalue weighted by Crippen LogP contribution is -2.28. The second-order valence-corrected chi connectivity index (χ2v) is 4.96. The Balaban J connectivity index is 2.24. The summed E-state index contributed by atoms with van der Waals surface area (Å²) in [5.74, 6) is 0.685. The number of hydrogen-bond acceptors (Lipinski definition) is 3. The number of fused-ring (bicyclic) bond motifs is 1. The molecule has 0 bridgehead atoms. The number of carbonyl (C=O) groups excluding carboxylic acids is 2. The summed E-state index contributed by atoms with van der Waals surface area (Å²) < 4.78 is 5.10. The van der Waals surface area contributed by atoms with Crippen LogP contribution in [0.5, 0.6) is 0 Å². The Bertz CT molecular complexity index is 356. The molecule has 0 heterocycles. The Kier molecular flexibility index (Phi) is 3.65. The molecular formula is C14H20O3. The smallest absolute Gasteiger partial charge is 0.333 e. The number of esters is 1. The van der Waals surface area contributed by atoms with Crippen molar-refractivity contribution in [2.45, 2.75) is 39.5 Å². The van der Waals surface area contributed by atoms with E-state index in [1.807, 2.05) is 6.92 Å². The molecule has 94 valence electrons. The fraction of sp³-hybridized carbons (Fsp3) is 0.714.